The van der Waals surface area contributed by atoms with Gasteiger partial charge in [-0.2, -0.15) is 0 Å². The molecule has 4 amide bonds. The van der Waals surface area contributed by atoms with Crippen LogP contribution >= 0.6 is 11.8 Å². The molecule has 0 saturated heterocycles. The fourth-order valence-corrected chi connectivity index (χ4v) is 4.74. The molecule has 0 aliphatic heterocycles. The van der Waals surface area contributed by atoms with Crippen molar-refractivity contribution in [3.8, 4) is 5.75 Å². The van der Waals surface area contributed by atoms with Gasteiger partial charge in [0.05, 0.1) is 12.4 Å². The number of thioether (sulfide) groups is 1. The second-order valence-electron chi connectivity index (χ2n) is 9.46. The van der Waals surface area contributed by atoms with Crippen molar-refractivity contribution >= 4 is 58.5 Å². The number of hydrogen-bond donors (Lipinski definition) is 4. The summed E-state index contributed by atoms with van der Waals surface area (Å²) in [4.78, 5) is 50.8. The first-order chi connectivity index (χ1) is 21.3. The Morgan fingerprint density at radius 3 is 2.09 bits per heavy atom. The molecule has 44 heavy (non-hydrogen) atoms. The molecule has 0 aliphatic rings. The van der Waals surface area contributed by atoms with Crippen molar-refractivity contribution in [2.24, 2.45) is 0 Å². The minimum Gasteiger partial charge on any atom is -0.494 e. The maximum atomic E-state index is 13.4. The average Bonchev–Trinajstić information content (AvgIpc) is 3.02. The van der Waals surface area contributed by atoms with Crippen molar-refractivity contribution in [1.29, 1.82) is 0 Å². The second kappa shape index (κ2) is 15.8. The summed E-state index contributed by atoms with van der Waals surface area (Å²) >= 11 is 1.31. The van der Waals surface area contributed by atoms with Crippen molar-refractivity contribution in [2.45, 2.75) is 18.7 Å². The molecule has 0 unspecified atom stereocenters. The Labute approximate surface area is 260 Å². The molecule has 0 spiro atoms. The van der Waals surface area contributed by atoms with Crippen LogP contribution < -0.4 is 26.0 Å². The fourth-order valence-electron chi connectivity index (χ4n) is 3.98. The lowest BCUT2D eigenvalue weighted by Gasteiger charge is -2.12. The molecule has 0 fully saturated rings. The Morgan fingerprint density at radius 1 is 0.750 bits per heavy atom. The van der Waals surface area contributed by atoms with Crippen LogP contribution in [0.2, 0.25) is 0 Å². The minimum absolute atomic E-state index is 0.0602. The quantitative estimate of drug-likeness (QED) is 0.112. The van der Waals surface area contributed by atoms with Crippen LogP contribution in [0.4, 0.5) is 17.1 Å². The molecule has 10 heteroatoms. The number of anilines is 3. The SMILES string of the molecule is CCOc1ccc(/C=C(/NC(=O)c2ccccc2)C(=O)Nc2cccc(SCC(=O)Nc3ccc(NC(C)=O)cc3)c2)cc1. The smallest absolute Gasteiger partial charge is 0.272 e. The lowest BCUT2D eigenvalue weighted by molar-refractivity contribution is -0.114. The van der Waals surface area contributed by atoms with E-state index in [-0.39, 0.29) is 23.3 Å². The molecule has 0 aromatic heterocycles. The maximum absolute atomic E-state index is 13.4. The molecule has 0 saturated carbocycles. The van der Waals surface area contributed by atoms with E-state index in [1.807, 2.05) is 13.0 Å². The molecule has 0 radical (unpaired) electrons. The van der Waals surface area contributed by atoms with Gasteiger partial charge in [0.15, 0.2) is 0 Å². The van der Waals surface area contributed by atoms with Crippen LogP contribution in [0.1, 0.15) is 29.8 Å². The van der Waals surface area contributed by atoms with Gasteiger partial charge in [-0.05, 0) is 85.3 Å². The van der Waals surface area contributed by atoms with Crippen molar-refractivity contribution in [3.05, 3.63) is 120 Å². The van der Waals surface area contributed by atoms with Crippen LogP contribution in [0.5, 0.6) is 5.75 Å². The Hall–Kier alpha value is -5.35. The summed E-state index contributed by atoms with van der Waals surface area (Å²) in [7, 11) is 0. The van der Waals surface area contributed by atoms with Gasteiger partial charge in [-0.1, -0.05) is 36.4 Å². The average molecular weight is 609 g/mol. The van der Waals surface area contributed by atoms with Crippen molar-refractivity contribution in [3.63, 3.8) is 0 Å². The summed E-state index contributed by atoms with van der Waals surface area (Å²) in [6.45, 7) is 3.86. The first-order valence-electron chi connectivity index (χ1n) is 13.8. The van der Waals surface area contributed by atoms with Crippen molar-refractivity contribution in [2.75, 3.05) is 28.3 Å². The van der Waals surface area contributed by atoms with Gasteiger partial charge < -0.3 is 26.0 Å². The molecule has 0 atom stereocenters. The summed E-state index contributed by atoms with van der Waals surface area (Å²) in [5, 5.41) is 11.1. The summed E-state index contributed by atoms with van der Waals surface area (Å²) < 4.78 is 5.50. The van der Waals surface area contributed by atoms with Gasteiger partial charge in [-0.25, -0.2) is 0 Å². The largest absolute Gasteiger partial charge is 0.494 e. The van der Waals surface area contributed by atoms with E-state index in [4.69, 9.17) is 4.74 Å². The van der Waals surface area contributed by atoms with E-state index in [1.165, 1.54) is 18.7 Å². The normalized spacial score (nSPS) is 10.8. The number of benzene rings is 4. The van der Waals surface area contributed by atoms with Gasteiger partial charge in [-0.15, -0.1) is 11.8 Å². The molecule has 0 bridgehead atoms. The van der Waals surface area contributed by atoms with E-state index < -0.39 is 11.8 Å². The standard InChI is InChI=1S/C34H32N4O5S/c1-3-43-29-18-12-24(13-19-29)20-31(38-33(41)25-8-5-4-6-9-25)34(42)37-28-10-7-11-30(21-28)44-22-32(40)36-27-16-14-26(15-17-27)35-23(2)39/h4-21H,3,22H2,1-2H3,(H,35,39)(H,36,40)(H,37,42)(H,38,41)/b31-20+. The molecular weight excluding hydrogens is 576 g/mol. The van der Waals surface area contributed by atoms with E-state index >= 15 is 0 Å². The molecule has 0 aliphatic carbocycles. The molecule has 4 aromatic carbocycles. The Morgan fingerprint density at radius 2 is 1.43 bits per heavy atom. The van der Waals surface area contributed by atoms with E-state index in [0.29, 0.717) is 40.5 Å². The van der Waals surface area contributed by atoms with Gasteiger partial charge in [0, 0.05) is 34.4 Å². The molecular formula is C34H32N4O5S. The molecule has 4 rings (SSSR count). The van der Waals surface area contributed by atoms with Crippen LogP contribution in [-0.2, 0) is 14.4 Å². The van der Waals surface area contributed by atoms with Gasteiger partial charge in [0.25, 0.3) is 11.8 Å². The molecule has 4 N–H and O–H groups in total. The van der Waals surface area contributed by atoms with E-state index in [1.54, 1.807) is 103 Å². The topological polar surface area (TPSA) is 126 Å². The molecule has 4 aromatic rings. The fraction of sp³-hybridized carbons (Fsp3) is 0.118. The van der Waals surface area contributed by atoms with Crippen LogP contribution in [-0.4, -0.2) is 36.0 Å². The second-order valence-corrected chi connectivity index (χ2v) is 10.5. The van der Waals surface area contributed by atoms with E-state index in [0.717, 1.165) is 4.90 Å². The van der Waals surface area contributed by atoms with Gasteiger partial charge in [-0.3, -0.25) is 19.2 Å². The Bertz CT molecular complexity index is 1640. The summed E-state index contributed by atoms with van der Waals surface area (Å²) in [5.41, 5.74) is 2.92. The van der Waals surface area contributed by atoms with Crippen LogP contribution in [0.3, 0.4) is 0 Å². The first-order valence-corrected chi connectivity index (χ1v) is 14.8. The maximum Gasteiger partial charge on any atom is 0.272 e. The predicted molar refractivity (Wildman–Crippen MR) is 175 cm³/mol. The molecule has 224 valence electrons. The van der Waals surface area contributed by atoms with Crippen LogP contribution in [0.15, 0.2) is 114 Å². The van der Waals surface area contributed by atoms with Crippen LogP contribution in [0, 0.1) is 0 Å². The summed E-state index contributed by atoms with van der Waals surface area (Å²) in [6, 6.07) is 29.7. The first kappa shape index (κ1) is 31.6. The van der Waals surface area contributed by atoms with Crippen molar-refractivity contribution < 1.29 is 23.9 Å². The number of amides is 4. The van der Waals surface area contributed by atoms with Crippen molar-refractivity contribution in [1.82, 2.24) is 5.32 Å². The minimum atomic E-state index is -0.509. The monoisotopic (exact) mass is 608 g/mol. The highest BCUT2D eigenvalue weighted by molar-refractivity contribution is 8.00. The lowest BCUT2D eigenvalue weighted by Crippen LogP contribution is -2.30. The number of nitrogens with one attached hydrogen (secondary N) is 4. The number of carbonyl (C=O) groups excluding carboxylic acids is 4. The zero-order valence-electron chi connectivity index (χ0n) is 24.3. The third-order valence-corrected chi connectivity index (χ3v) is 6.98. The van der Waals surface area contributed by atoms with Gasteiger partial charge in [0.1, 0.15) is 11.4 Å². The van der Waals surface area contributed by atoms with Crippen LogP contribution in [0.25, 0.3) is 6.08 Å². The number of ether oxygens (including phenoxy) is 1. The van der Waals surface area contributed by atoms with E-state index in [9.17, 15) is 19.2 Å². The molecule has 0 heterocycles. The third-order valence-electron chi connectivity index (χ3n) is 5.98. The number of carbonyl (C=O) groups is 4. The number of rotatable bonds is 12. The summed E-state index contributed by atoms with van der Waals surface area (Å²) in [6.07, 6.45) is 1.59. The number of hydrogen-bond acceptors (Lipinski definition) is 6. The zero-order valence-corrected chi connectivity index (χ0v) is 25.1. The highest BCUT2D eigenvalue weighted by Gasteiger charge is 2.16. The Kier molecular flexibility index (Phi) is 11.3. The third kappa shape index (κ3) is 9.88. The Balaban J connectivity index is 1.41. The highest BCUT2D eigenvalue weighted by Crippen LogP contribution is 2.23. The summed E-state index contributed by atoms with van der Waals surface area (Å²) in [5.74, 6) is -0.467. The molecule has 9 nitrogen and oxygen atoms in total. The highest BCUT2D eigenvalue weighted by atomic mass is 32.2. The lowest BCUT2D eigenvalue weighted by atomic mass is 10.1. The van der Waals surface area contributed by atoms with E-state index in [2.05, 4.69) is 21.3 Å². The van der Waals surface area contributed by atoms with Gasteiger partial charge >= 0.3 is 0 Å². The van der Waals surface area contributed by atoms with Gasteiger partial charge in [0.2, 0.25) is 11.8 Å². The zero-order chi connectivity index (χ0) is 31.3. The predicted octanol–water partition coefficient (Wildman–Crippen LogP) is 6.18.